The SMILES string of the molecule is COc1ccc(C2(c3ccc(-c4cccs4)s3)C=Cc3c(ccc4ccccc34)O2)cc1. The number of hydrogen-bond donors (Lipinski definition) is 0. The first kappa shape index (κ1) is 19.4. The molecule has 0 N–H and O–H groups in total. The van der Waals surface area contributed by atoms with E-state index < -0.39 is 5.60 Å². The van der Waals surface area contributed by atoms with Gasteiger partial charge in [0.25, 0.3) is 0 Å². The van der Waals surface area contributed by atoms with Crippen LogP contribution in [0, 0.1) is 0 Å². The summed E-state index contributed by atoms with van der Waals surface area (Å²) in [5.41, 5.74) is 1.51. The Bertz CT molecular complexity index is 1430. The summed E-state index contributed by atoms with van der Waals surface area (Å²) in [5, 5.41) is 4.54. The molecule has 32 heavy (non-hydrogen) atoms. The number of methoxy groups -OCH3 is 1. The first-order valence-corrected chi connectivity index (χ1v) is 12.2. The van der Waals surface area contributed by atoms with E-state index in [1.165, 1.54) is 20.5 Å². The smallest absolute Gasteiger partial charge is 0.187 e. The minimum absolute atomic E-state index is 0.693. The third kappa shape index (κ3) is 3.07. The molecule has 3 heterocycles. The van der Waals surface area contributed by atoms with Gasteiger partial charge < -0.3 is 9.47 Å². The maximum atomic E-state index is 6.89. The largest absolute Gasteiger partial charge is 0.497 e. The van der Waals surface area contributed by atoms with Gasteiger partial charge in [0.05, 0.1) is 12.0 Å². The van der Waals surface area contributed by atoms with E-state index in [0.717, 1.165) is 27.5 Å². The highest BCUT2D eigenvalue weighted by Gasteiger charge is 2.39. The lowest BCUT2D eigenvalue weighted by atomic mass is 9.87. The van der Waals surface area contributed by atoms with Gasteiger partial charge in [-0.15, -0.1) is 22.7 Å². The third-order valence-electron chi connectivity index (χ3n) is 5.94. The van der Waals surface area contributed by atoms with Crippen LogP contribution in [0.3, 0.4) is 0 Å². The molecule has 1 aliphatic rings. The molecule has 1 aliphatic heterocycles. The summed E-state index contributed by atoms with van der Waals surface area (Å²) < 4.78 is 12.3. The normalized spacial score (nSPS) is 17.2. The number of ether oxygens (including phenoxy) is 2. The molecule has 5 aromatic rings. The first-order valence-electron chi connectivity index (χ1n) is 10.5. The van der Waals surface area contributed by atoms with E-state index in [4.69, 9.17) is 9.47 Å². The third-order valence-corrected chi connectivity index (χ3v) is 8.21. The van der Waals surface area contributed by atoms with Crippen molar-refractivity contribution in [3.05, 3.63) is 112 Å². The molecule has 0 spiro atoms. The average Bonchev–Trinajstić information content (AvgIpc) is 3.56. The predicted octanol–water partition coefficient (Wildman–Crippen LogP) is 7.99. The summed E-state index contributed by atoms with van der Waals surface area (Å²) in [5.74, 6) is 1.73. The summed E-state index contributed by atoms with van der Waals surface area (Å²) in [4.78, 5) is 3.68. The van der Waals surface area contributed by atoms with Crippen LogP contribution in [-0.2, 0) is 5.60 Å². The van der Waals surface area contributed by atoms with E-state index >= 15 is 0 Å². The van der Waals surface area contributed by atoms with Crippen LogP contribution >= 0.6 is 22.7 Å². The van der Waals surface area contributed by atoms with Gasteiger partial charge >= 0.3 is 0 Å². The van der Waals surface area contributed by atoms with Crippen molar-refractivity contribution in [1.29, 1.82) is 0 Å². The van der Waals surface area contributed by atoms with Gasteiger partial charge in [0.1, 0.15) is 11.5 Å². The number of hydrogen-bond acceptors (Lipinski definition) is 4. The zero-order chi connectivity index (χ0) is 21.5. The van der Waals surface area contributed by atoms with Crippen molar-refractivity contribution in [3.63, 3.8) is 0 Å². The molecule has 0 bridgehead atoms. The molecular weight excluding hydrogens is 432 g/mol. The van der Waals surface area contributed by atoms with Crippen molar-refractivity contribution in [1.82, 2.24) is 0 Å². The topological polar surface area (TPSA) is 18.5 Å². The molecule has 1 unspecified atom stereocenters. The van der Waals surface area contributed by atoms with Gasteiger partial charge in [0.2, 0.25) is 0 Å². The molecule has 1 atom stereocenters. The molecule has 0 saturated carbocycles. The molecule has 0 aliphatic carbocycles. The Labute approximate surface area is 195 Å². The Kier molecular flexibility index (Phi) is 4.63. The van der Waals surface area contributed by atoms with Gasteiger partial charge in [0, 0.05) is 20.9 Å². The molecule has 156 valence electrons. The maximum Gasteiger partial charge on any atom is 0.187 e. The monoisotopic (exact) mass is 452 g/mol. The molecule has 2 aromatic heterocycles. The Morgan fingerprint density at radius 2 is 1.69 bits per heavy atom. The molecule has 2 nitrogen and oxygen atoms in total. The number of benzene rings is 3. The lowest BCUT2D eigenvalue weighted by molar-refractivity contribution is 0.165. The zero-order valence-corrected chi connectivity index (χ0v) is 19.1. The van der Waals surface area contributed by atoms with Crippen molar-refractivity contribution in [3.8, 4) is 21.3 Å². The van der Waals surface area contributed by atoms with Crippen molar-refractivity contribution >= 4 is 39.5 Å². The van der Waals surface area contributed by atoms with Gasteiger partial charge in [-0.1, -0.05) is 48.5 Å². The van der Waals surface area contributed by atoms with E-state index in [9.17, 15) is 0 Å². The first-order chi connectivity index (χ1) is 15.8. The van der Waals surface area contributed by atoms with Gasteiger partial charge in [-0.25, -0.2) is 0 Å². The molecule has 0 fully saturated rings. The summed E-state index contributed by atoms with van der Waals surface area (Å²) in [6.45, 7) is 0. The van der Waals surface area contributed by atoms with Crippen LogP contribution in [0.2, 0.25) is 0 Å². The fraction of sp³-hybridized carbons (Fsp3) is 0.0714. The second kappa shape index (κ2) is 7.66. The summed E-state index contributed by atoms with van der Waals surface area (Å²) in [6, 6.07) is 29.5. The summed E-state index contributed by atoms with van der Waals surface area (Å²) in [6.07, 6.45) is 4.42. The van der Waals surface area contributed by atoms with Gasteiger partial charge in [-0.05, 0) is 64.7 Å². The highest BCUT2D eigenvalue weighted by molar-refractivity contribution is 7.21. The molecule has 0 amide bonds. The van der Waals surface area contributed by atoms with Gasteiger partial charge in [-0.2, -0.15) is 0 Å². The van der Waals surface area contributed by atoms with E-state index in [0.29, 0.717) is 0 Å². The van der Waals surface area contributed by atoms with E-state index in [1.54, 1.807) is 29.8 Å². The Hall–Kier alpha value is -3.34. The molecule has 0 saturated heterocycles. The van der Waals surface area contributed by atoms with Gasteiger partial charge in [-0.3, -0.25) is 0 Å². The Morgan fingerprint density at radius 3 is 2.50 bits per heavy atom. The fourth-order valence-corrected chi connectivity index (χ4v) is 6.27. The van der Waals surface area contributed by atoms with Crippen molar-refractivity contribution in [2.24, 2.45) is 0 Å². The van der Waals surface area contributed by atoms with E-state index in [1.807, 2.05) is 12.1 Å². The Morgan fingerprint density at radius 1 is 0.812 bits per heavy atom. The molecule has 3 aromatic carbocycles. The highest BCUT2D eigenvalue weighted by atomic mass is 32.1. The predicted molar refractivity (Wildman–Crippen MR) is 135 cm³/mol. The molecular formula is C28H20O2S2. The quantitative estimate of drug-likeness (QED) is 0.275. The van der Waals surface area contributed by atoms with Gasteiger partial charge in [0.15, 0.2) is 5.60 Å². The lowest BCUT2D eigenvalue weighted by Crippen LogP contribution is -2.33. The molecule has 6 rings (SSSR count). The van der Waals surface area contributed by atoms with E-state index in [2.05, 4.69) is 90.3 Å². The number of thiophene rings is 2. The van der Waals surface area contributed by atoms with Crippen LogP contribution in [0.25, 0.3) is 26.6 Å². The zero-order valence-electron chi connectivity index (χ0n) is 17.4. The molecule has 4 heteroatoms. The second-order valence-electron chi connectivity index (χ2n) is 7.74. The maximum absolute atomic E-state index is 6.89. The Balaban J connectivity index is 1.53. The minimum Gasteiger partial charge on any atom is -0.497 e. The average molecular weight is 453 g/mol. The summed E-state index contributed by atoms with van der Waals surface area (Å²) in [7, 11) is 1.69. The van der Waals surface area contributed by atoms with Crippen LogP contribution in [0.15, 0.2) is 96.4 Å². The van der Waals surface area contributed by atoms with Crippen molar-refractivity contribution in [2.75, 3.05) is 7.11 Å². The van der Waals surface area contributed by atoms with Crippen LogP contribution in [0.4, 0.5) is 0 Å². The van der Waals surface area contributed by atoms with E-state index in [-0.39, 0.29) is 0 Å². The molecule has 0 radical (unpaired) electrons. The standard InChI is InChI=1S/C28H20O2S2/c1-29-21-11-9-20(10-12-21)28(27-15-14-26(32-27)25-7-4-18-31-25)17-16-23-22-6-3-2-5-19(22)8-13-24(23)30-28/h2-18H,1H3. The van der Waals surface area contributed by atoms with Crippen LogP contribution in [0.1, 0.15) is 16.0 Å². The van der Waals surface area contributed by atoms with Crippen molar-refractivity contribution < 1.29 is 9.47 Å². The van der Waals surface area contributed by atoms with Crippen molar-refractivity contribution in [2.45, 2.75) is 5.60 Å². The number of fused-ring (bicyclic) bond motifs is 3. The van der Waals surface area contributed by atoms with Crippen LogP contribution in [0.5, 0.6) is 11.5 Å². The number of rotatable bonds is 4. The van der Waals surface area contributed by atoms with Crippen LogP contribution < -0.4 is 9.47 Å². The highest BCUT2D eigenvalue weighted by Crippen LogP contribution is 2.47. The fourth-order valence-electron chi connectivity index (χ4n) is 4.30. The lowest BCUT2D eigenvalue weighted by Gasteiger charge is -2.35. The van der Waals surface area contributed by atoms with Crippen LogP contribution in [-0.4, -0.2) is 7.11 Å². The minimum atomic E-state index is -0.693. The second-order valence-corrected chi connectivity index (χ2v) is 9.77. The summed E-state index contributed by atoms with van der Waals surface area (Å²) >= 11 is 3.54.